The summed E-state index contributed by atoms with van der Waals surface area (Å²) >= 11 is 0. The SMILES string of the molecule is CC1CCC2=CCC3C(C(O)O)CC4(O)CCC3(CC(C3COC(=O)C3c3cc[nH]c3)C#CCC3CC5(O)C6=C7NC(CO)C(=O)CC(c8ccc(O)cc8)CSSCC8C(O)C(O)CC(C9CCCCC9)(C6CCC5(CCN=C(N)N)C3C4(C)O)C8C7=O)C2C1. The Morgan fingerprint density at radius 2 is 1.67 bits per heavy atom. The maximum atomic E-state index is 17.0. The first kappa shape index (κ1) is 65.3. The average molecular weight is 1290 g/mol. The number of guanidine groups is 1. The highest BCUT2D eigenvalue weighted by Gasteiger charge is 2.77. The van der Waals surface area contributed by atoms with Gasteiger partial charge in [0.1, 0.15) is 11.8 Å². The molecule has 22 atom stereocenters. The average Bonchev–Trinajstić information content (AvgIpc) is 1.63. The van der Waals surface area contributed by atoms with Gasteiger partial charge in [-0.2, -0.15) is 0 Å². The van der Waals surface area contributed by atoms with Crippen LogP contribution in [0.1, 0.15) is 165 Å². The molecule has 9 aliphatic carbocycles. The molecule has 2 saturated heterocycles. The topological polar surface area (TPSA) is 335 Å². The maximum absolute atomic E-state index is 17.0. The van der Waals surface area contributed by atoms with Gasteiger partial charge < -0.3 is 72.5 Å². The lowest BCUT2D eigenvalue weighted by Crippen LogP contribution is -2.70. The van der Waals surface area contributed by atoms with Crippen LogP contribution in [0.3, 0.4) is 0 Å². The number of aliphatic hydroxyl groups is 8. The molecule has 0 amide bonds. The van der Waals surface area contributed by atoms with Crippen molar-refractivity contribution in [2.45, 2.75) is 195 Å². The highest BCUT2D eigenvalue weighted by Crippen LogP contribution is 2.76. The highest BCUT2D eigenvalue weighted by molar-refractivity contribution is 8.76. The van der Waals surface area contributed by atoms with Crippen LogP contribution in [0.4, 0.5) is 0 Å². The molecule has 22 unspecified atom stereocenters. The summed E-state index contributed by atoms with van der Waals surface area (Å²) in [6.45, 7) is 3.30. The third-order valence-corrected chi connectivity index (χ3v) is 29.0. The summed E-state index contributed by atoms with van der Waals surface area (Å²) in [6.07, 6.45) is 10.3. The number of ketones is 2. The van der Waals surface area contributed by atoms with Crippen LogP contribution in [0.15, 0.2) is 70.6 Å². The van der Waals surface area contributed by atoms with Gasteiger partial charge in [0, 0.05) is 90.1 Å². The first-order chi connectivity index (χ1) is 43.5. The fraction of sp³-hybridized carbons (Fsp3) is 0.718. The van der Waals surface area contributed by atoms with Gasteiger partial charge in [-0.05, 0) is 184 Å². The molecule has 20 heteroatoms. The molecule has 0 radical (unpaired) electrons. The van der Waals surface area contributed by atoms with Crippen LogP contribution in [0.5, 0.6) is 5.75 Å². The van der Waals surface area contributed by atoms with E-state index in [-0.39, 0.29) is 111 Å². The second kappa shape index (κ2) is 25.0. The summed E-state index contributed by atoms with van der Waals surface area (Å²) < 4.78 is 6.03. The van der Waals surface area contributed by atoms with Gasteiger partial charge in [-0.15, -0.1) is 5.92 Å². The molecular formula is C71H97N5O13S2. The van der Waals surface area contributed by atoms with Gasteiger partial charge in [-0.3, -0.25) is 19.4 Å². The number of benzene rings is 1. The van der Waals surface area contributed by atoms with Crippen molar-refractivity contribution < 1.29 is 65.1 Å². The van der Waals surface area contributed by atoms with E-state index in [1.54, 1.807) is 37.4 Å². The van der Waals surface area contributed by atoms with Crippen molar-refractivity contribution in [2.75, 3.05) is 31.3 Å². The van der Waals surface area contributed by atoms with Crippen LogP contribution >= 0.6 is 21.6 Å². The summed E-state index contributed by atoms with van der Waals surface area (Å²) in [4.78, 5) is 54.0. The Morgan fingerprint density at radius 3 is 2.40 bits per heavy atom. The number of nitrogens with two attached hydrogens (primary N) is 2. The monoisotopic (exact) mass is 1290 g/mol. The second-order valence-electron chi connectivity index (χ2n) is 30.5. The second-order valence-corrected chi connectivity index (χ2v) is 33.1. The number of phenols is 1. The summed E-state index contributed by atoms with van der Waals surface area (Å²) in [5.41, 5.74) is 6.15. The van der Waals surface area contributed by atoms with E-state index in [1.165, 1.54) is 27.2 Å². The van der Waals surface area contributed by atoms with Crippen LogP contribution in [0.2, 0.25) is 0 Å². The highest BCUT2D eigenvalue weighted by atomic mass is 33.1. The molecule has 2 aliphatic heterocycles. The molecule has 91 heavy (non-hydrogen) atoms. The number of carbonyl (C=O) groups excluding carboxylic acids is 3. The Balaban J connectivity index is 1.04. The number of Topliss-reactive ketones (excluding diaryl/α,β-unsaturated/α-hetero) is 2. The molecule has 1 aromatic carbocycles. The lowest BCUT2D eigenvalue weighted by Gasteiger charge is -2.66. The number of allylic oxidation sites excluding steroid dienone is 3. The third kappa shape index (κ3) is 10.7. The molecule has 8 fully saturated rings. The minimum atomic E-state index is -2.14. The molecule has 6 saturated carbocycles. The number of aromatic amines is 1. The van der Waals surface area contributed by atoms with Crippen molar-refractivity contribution in [1.29, 1.82) is 0 Å². The molecule has 1 spiro atoms. The van der Waals surface area contributed by atoms with E-state index in [2.05, 4.69) is 40.1 Å². The number of hydrogen-bond donors (Lipinski definition) is 13. The molecule has 3 heterocycles. The van der Waals surface area contributed by atoms with Crippen molar-refractivity contribution >= 4 is 45.1 Å². The number of nitrogens with zero attached hydrogens (tertiary/aromatic N) is 1. The van der Waals surface area contributed by atoms with E-state index in [0.717, 1.165) is 62.5 Å². The number of aromatic hydroxyl groups is 1. The van der Waals surface area contributed by atoms with Crippen molar-refractivity contribution in [3.63, 3.8) is 0 Å². The molecular weight excluding hydrogens is 1190 g/mol. The van der Waals surface area contributed by atoms with Crippen molar-refractivity contribution in [3.05, 3.63) is 76.8 Å². The van der Waals surface area contributed by atoms with E-state index < -0.39 is 135 Å². The number of phenolic OH excluding ortho intramolecular Hbond substituents is 1. The first-order valence-corrected chi connectivity index (χ1v) is 36.6. The Bertz CT molecular complexity index is 3230. The van der Waals surface area contributed by atoms with Crippen LogP contribution in [-0.2, 0) is 19.1 Å². The zero-order valence-corrected chi connectivity index (χ0v) is 54.4. The van der Waals surface area contributed by atoms with Gasteiger partial charge in [0.15, 0.2) is 23.8 Å². The molecule has 13 rings (SSSR count). The van der Waals surface area contributed by atoms with Crippen molar-refractivity contribution in [3.8, 4) is 17.6 Å². The number of aromatic nitrogens is 1. The Morgan fingerprint density at radius 1 is 0.901 bits per heavy atom. The van der Waals surface area contributed by atoms with Gasteiger partial charge in [0.25, 0.3) is 0 Å². The Kier molecular flexibility index (Phi) is 17.9. The van der Waals surface area contributed by atoms with E-state index in [4.69, 9.17) is 16.2 Å². The zero-order valence-electron chi connectivity index (χ0n) is 52.8. The number of hydrogen-bond acceptors (Lipinski definition) is 17. The quantitative estimate of drug-likeness (QED) is 0.0238. The van der Waals surface area contributed by atoms with Crippen LogP contribution in [0, 0.1) is 99.1 Å². The standard InChI is InChI=1S/C71H97N5O13S2/c1-38-11-12-40-15-18-50-47(63(83)84)31-69(87)23-22-67(50,52(40)27-38)29-41(48-35-89-64(85)56(48)43-20-25-74-33-43)7-6-8-42-30-71(88)58-51(19-21-68(71,24-26-75-65(72)73)62(42)66(69,2)86)70(45-9-4-3-5-10-45)32-55(80)60(81)49-37-91-90-36-44(39-13-16-46(78)17-14-39)28-54(79)53(34-77)76-59(58)61(82)57(49)70/h13-17,20,25,33,38,41-42,44-45,47-53,55-57,60,62-63,74,76-78,80-81,83-84,86-88H,3-5,8-12,18-19,21-24,26-32,34-37H2,1-2H3,(H4,72,73,75). The lowest BCUT2D eigenvalue weighted by molar-refractivity contribution is -0.237. The number of H-pyrrole nitrogens is 1. The smallest absolute Gasteiger partial charge is 0.313 e. The fourth-order valence-corrected chi connectivity index (χ4v) is 25.3. The number of rotatable bonds is 9. The normalized spacial score (nSPS) is 44.4. The van der Waals surface area contributed by atoms with E-state index in [0.29, 0.717) is 42.9 Å². The molecule has 18 nitrogen and oxygen atoms in total. The molecule has 496 valence electrons. The van der Waals surface area contributed by atoms with E-state index in [9.17, 15) is 45.6 Å². The van der Waals surface area contributed by atoms with Crippen molar-refractivity contribution in [2.24, 2.45) is 104 Å². The van der Waals surface area contributed by atoms with Gasteiger partial charge in [0.2, 0.25) is 0 Å². The first-order valence-electron chi connectivity index (χ1n) is 34.2. The Hall–Kier alpha value is -4.40. The molecule has 1 aromatic heterocycles. The predicted molar refractivity (Wildman–Crippen MR) is 346 cm³/mol. The lowest BCUT2D eigenvalue weighted by atomic mass is 9.39. The van der Waals surface area contributed by atoms with Crippen LogP contribution < -0.4 is 16.8 Å². The number of aliphatic hydroxyl groups excluding tert-OH is 4. The summed E-state index contributed by atoms with van der Waals surface area (Å²) in [6, 6.07) is 7.25. The maximum Gasteiger partial charge on any atom is 0.313 e. The number of cyclic esters (lactones) is 1. The van der Waals surface area contributed by atoms with Crippen molar-refractivity contribution in [1.82, 2.24) is 10.3 Å². The summed E-state index contributed by atoms with van der Waals surface area (Å²) in [7, 11) is 3.02. The van der Waals surface area contributed by atoms with Gasteiger partial charge >= 0.3 is 5.97 Å². The minimum absolute atomic E-state index is 0.00796. The number of nitrogens with one attached hydrogen (secondary N) is 2. The Labute approximate surface area is 542 Å². The molecule has 2 aromatic rings. The van der Waals surface area contributed by atoms with Gasteiger partial charge in [-0.1, -0.05) is 77.5 Å². The molecule has 15 N–H and O–H groups in total. The number of esters is 1. The van der Waals surface area contributed by atoms with Gasteiger partial charge in [-0.25, -0.2) is 0 Å². The number of aliphatic imine (C=N–C) groups is 1. The summed E-state index contributed by atoms with van der Waals surface area (Å²) in [5.74, 6) is -0.163. The summed E-state index contributed by atoms with van der Waals surface area (Å²) in [5, 5.41) is 119. The van der Waals surface area contributed by atoms with Crippen LogP contribution in [-0.4, -0.2) is 147 Å². The van der Waals surface area contributed by atoms with E-state index >= 15 is 14.7 Å². The van der Waals surface area contributed by atoms with Crippen LogP contribution in [0.25, 0.3) is 0 Å². The number of fused-ring (bicyclic) bond motifs is 10. The predicted octanol–water partition coefficient (Wildman–Crippen LogP) is 6.63. The minimum Gasteiger partial charge on any atom is -0.508 e. The fourth-order valence-electron chi connectivity index (χ4n) is 22.5. The molecule has 11 aliphatic rings. The van der Waals surface area contributed by atoms with Gasteiger partial charge in [0.05, 0.1) is 53.8 Å². The zero-order chi connectivity index (χ0) is 64.2. The number of ether oxygens (including phenoxy) is 1. The van der Waals surface area contributed by atoms with E-state index in [1.807, 2.05) is 12.3 Å². The third-order valence-electron chi connectivity index (χ3n) is 26.5. The molecule has 4 bridgehead atoms. The largest absolute Gasteiger partial charge is 0.508 e. The number of carbonyl (C=O) groups is 3.